The second kappa shape index (κ2) is 9.45. The molecule has 0 aliphatic carbocycles. The fourth-order valence-corrected chi connectivity index (χ4v) is 3.80. The van der Waals surface area contributed by atoms with Crippen molar-refractivity contribution in [3.05, 3.63) is 87.4 Å². The number of para-hydroxylation sites is 2. The summed E-state index contributed by atoms with van der Waals surface area (Å²) in [5.41, 5.74) is 3.08. The lowest BCUT2D eigenvalue weighted by atomic mass is 10.2. The van der Waals surface area contributed by atoms with Crippen LogP contribution in [0.4, 0.5) is 17.1 Å². The molecule has 31 heavy (non-hydrogen) atoms. The van der Waals surface area contributed by atoms with E-state index in [1.165, 1.54) is 31.5 Å². The molecule has 3 aromatic rings. The Labute approximate surface area is 183 Å². The van der Waals surface area contributed by atoms with Crippen molar-refractivity contribution < 1.29 is 18.1 Å². The number of anilines is 2. The molecule has 2 N–H and O–H groups in total. The SMILES string of the molecule is COc1ccccc1NS(=O)(=O)c1ccc(N/N=C\c2ccc(Cl)cc2)c([N+](=O)[O-])c1. The summed E-state index contributed by atoms with van der Waals surface area (Å²) in [4.78, 5) is 10.5. The summed E-state index contributed by atoms with van der Waals surface area (Å²) in [6, 6.07) is 16.7. The highest BCUT2D eigenvalue weighted by Gasteiger charge is 2.22. The van der Waals surface area contributed by atoms with Gasteiger partial charge in [0, 0.05) is 11.1 Å². The van der Waals surface area contributed by atoms with Gasteiger partial charge in [0.05, 0.1) is 28.8 Å². The molecule has 3 rings (SSSR count). The van der Waals surface area contributed by atoms with Gasteiger partial charge in [-0.2, -0.15) is 5.10 Å². The first-order valence-corrected chi connectivity index (χ1v) is 10.7. The topological polar surface area (TPSA) is 123 Å². The highest BCUT2D eigenvalue weighted by molar-refractivity contribution is 7.92. The lowest BCUT2D eigenvalue weighted by Crippen LogP contribution is -2.14. The summed E-state index contributed by atoms with van der Waals surface area (Å²) in [6.45, 7) is 0. The number of nitrogens with one attached hydrogen (secondary N) is 2. The highest BCUT2D eigenvalue weighted by atomic mass is 35.5. The molecule has 0 saturated carbocycles. The largest absolute Gasteiger partial charge is 0.495 e. The number of benzene rings is 3. The molecule has 0 heterocycles. The standard InChI is InChI=1S/C20H17ClN4O5S/c1-30-20-5-3-2-4-18(20)24-31(28,29)16-10-11-17(19(12-16)25(26)27)23-22-13-14-6-8-15(21)9-7-14/h2-13,23-24H,1H3/b22-13-. The van der Waals surface area contributed by atoms with Crippen molar-refractivity contribution in [2.24, 2.45) is 5.10 Å². The minimum absolute atomic E-state index is 0.0338. The van der Waals surface area contributed by atoms with E-state index in [-0.39, 0.29) is 16.3 Å². The Kier molecular flexibility index (Phi) is 6.73. The van der Waals surface area contributed by atoms with Crippen molar-refractivity contribution in [3.8, 4) is 5.75 Å². The molecule has 0 atom stereocenters. The van der Waals surface area contributed by atoms with Crippen LogP contribution in [-0.4, -0.2) is 26.7 Å². The molecular formula is C20H17ClN4O5S. The molecular weight excluding hydrogens is 444 g/mol. The third-order valence-electron chi connectivity index (χ3n) is 4.10. The van der Waals surface area contributed by atoms with E-state index in [0.717, 1.165) is 11.6 Å². The smallest absolute Gasteiger partial charge is 0.295 e. The van der Waals surface area contributed by atoms with Gasteiger partial charge in [-0.25, -0.2) is 8.42 Å². The van der Waals surface area contributed by atoms with Crippen LogP contribution in [0.1, 0.15) is 5.56 Å². The van der Waals surface area contributed by atoms with Gasteiger partial charge in [0.1, 0.15) is 11.4 Å². The van der Waals surface area contributed by atoms with Crippen molar-refractivity contribution in [3.63, 3.8) is 0 Å². The zero-order valence-electron chi connectivity index (χ0n) is 16.2. The summed E-state index contributed by atoms with van der Waals surface area (Å²) >= 11 is 5.82. The third kappa shape index (κ3) is 5.50. The van der Waals surface area contributed by atoms with Crippen LogP contribution in [-0.2, 0) is 10.0 Å². The maximum absolute atomic E-state index is 12.7. The maximum Gasteiger partial charge on any atom is 0.295 e. The molecule has 11 heteroatoms. The number of hydrazone groups is 1. The quantitative estimate of drug-likeness (QED) is 0.290. The molecule has 0 unspecified atom stereocenters. The Morgan fingerprint density at radius 1 is 1.06 bits per heavy atom. The van der Waals surface area contributed by atoms with Gasteiger partial charge in [-0.15, -0.1) is 0 Å². The predicted molar refractivity (Wildman–Crippen MR) is 120 cm³/mol. The number of nitrogens with zero attached hydrogens (tertiary/aromatic N) is 2. The Morgan fingerprint density at radius 2 is 1.77 bits per heavy atom. The Balaban J connectivity index is 1.85. The Bertz CT molecular complexity index is 1230. The maximum atomic E-state index is 12.7. The molecule has 0 saturated heterocycles. The minimum Gasteiger partial charge on any atom is -0.495 e. The molecule has 0 aromatic heterocycles. The number of methoxy groups -OCH3 is 1. The Morgan fingerprint density at radius 3 is 2.45 bits per heavy atom. The summed E-state index contributed by atoms with van der Waals surface area (Å²) in [7, 11) is -2.69. The van der Waals surface area contributed by atoms with Crippen LogP contribution in [0.3, 0.4) is 0 Å². The van der Waals surface area contributed by atoms with Crippen molar-refractivity contribution >= 4 is 44.9 Å². The molecule has 9 nitrogen and oxygen atoms in total. The fourth-order valence-electron chi connectivity index (χ4n) is 2.58. The van der Waals surface area contributed by atoms with Gasteiger partial charge in [-0.05, 0) is 42.0 Å². The number of halogens is 1. The van der Waals surface area contributed by atoms with Gasteiger partial charge in [0.15, 0.2) is 0 Å². The molecule has 0 aliphatic rings. The molecule has 0 aliphatic heterocycles. The summed E-state index contributed by atoms with van der Waals surface area (Å²) < 4.78 is 33.0. The molecule has 0 amide bonds. The van der Waals surface area contributed by atoms with Gasteiger partial charge in [-0.3, -0.25) is 20.3 Å². The van der Waals surface area contributed by atoms with Gasteiger partial charge >= 0.3 is 0 Å². The first-order valence-electron chi connectivity index (χ1n) is 8.79. The van der Waals surface area contributed by atoms with Gasteiger partial charge in [-0.1, -0.05) is 35.9 Å². The summed E-state index contributed by atoms with van der Waals surface area (Å²) in [5, 5.41) is 16.0. The predicted octanol–water partition coefficient (Wildman–Crippen LogP) is 4.50. The van der Waals surface area contributed by atoms with Crippen LogP contribution < -0.4 is 14.9 Å². The van der Waals surface area contributed by atoms with Crippen LogP contribution in [0, 0.1) is 10.1 Å². The molecule has 0 spiro atoms. The second-order valence-corrected chi connectivity index (χ2v) is 8.28. The van der Waals surface area contributed by atoms with Gasteiger partial charge < -0.3 is 4.74 Å². The third-order valence-corrected chi connectivity index (χ3v) is 5.71. The van der Waals surface area contributed by atoms with E-state index in [0.29, 0.717) is 10.8 Å². The van der Waals surface area contributed by atoms with Crippen molar-refractivity contribution in [2.45, 2.75) is 4.90 Å². The van der Waals surface area contributed by atoms with Crippen LogP contribution in [0.2, 0.25) is 5.02 Å². The van der Waals surface area contributed by atoms with Crippen LogP contribution in [0.5, 0.6) is 5.75 Å². The molecule has 0 bridgehead atoms. The number of hydrogen-bond acceptors (Lipinski definition) is 7. The lowest BCUT2D eigenvalue weighted by molar-refractivity contribution is -0.384. The van der Waals surface area contributed by atoms with E-state index in [4.69, 9.17) is 16.3 Å². The molecule has 3 aromatic carbocycles. The van der Waals surface area contributed by atoms with E-state index in [2.05, 4.69) is 15.2 Å². The average molecular weight is 461 g/mol. The highest BCUT2D eigenvalue weighted by Crippen LogP contribution is 2.30. The van der Waals surface area contributed by atoms with Crippen LogP contribution in [0.25, 0.3) is 0 Å². The number of nitro groups is 1. The van der Waals surface area contributed by atoms with Gasteiger partial charge in [0.2, 0.25) is 0 Å². The van der Waals surface area contributed by atoms with Crippen LogP contribution in [0.15, 0.2) is 76.7 Å². The molecule has 0 fully saturated rings. The molecule has 0 radical (unpaired) electrons. The van der Waals surface area contributed by atoms with Crippen molar-refractivity contribution in [1.82, 2.24) is 0 Å². The number of ether oxygens (including phenoxy) is 1. The lowest BCUT2D eigenvalue weighted by Gasteiger charge is -2.12. The average Bonchev–Trinajstić information content (AvgIpc) is 2.75. The zero-order chi connectivity index (χ0) is 22.4. The minimum atomic E-state index is -4.10. The number of rotatable bonds is 8. The summed E-state index contributed by atoms with van der Waals surface area (Å²) in [5.74, 6) is 0.315. The van der Waals surface area contributed by atoms with E-state index >= 15 is 0 Å². The van der Waals surface area contributed by atoms with E-state index < -0.39 is 20.6 Å². The van der Waals surface area contributed by atoms with Crippen LogP contribution >= 0.6 is 11.6 Å². The van der Waals surface area contributed by atoms with Crippen molar-refractivity contribution in [2.75, 3.05) is 17.3 Å². The van der Waals surface area contributed by atoms with E-state index in [9.17, 15) is 18.5 Å². The second-order valence-electron chi connectivity index (χ2n) is 6.16. The number of hydrogen-bond donors (Lipinski definition) is 2. The zero-order valence-corrected chi connectivity index (χ0v) is 17.7. The number of nitro benzene ring substituents is 1. The molecule has 160 valence electrons. The van der Waals surface area contributed by atoms with Crippen molar-refractivity contribution in [1.29, 1.82) is 0 Å². The fraction of sp³-hybridized carbons (Fsp3) is 0.0500. The Hall–Kier alpha value is -3.63. The number of sulfonamides is 1. The van der Waals surface area contributed by atoms with Gasteiger partial charge in [0.25, 0.3) is 15.7 Å². The van der Waals surface area contributed by atoms with E-state index in [1.807, 2.05) is 0 Å². The van der Waals surface area contributed by atoms with E-state index in [1.54, 1.807) is 42.5 Å². The summed E-state index contributed by atoms with van der Waals surface area (Å²) in [6.07, 6.45) is 1.45. The normalized spacial score (nSPS) is 11.3. The first-order chi connectivity index (χ1) is 14.8. The first kappa shape index (κ1) is 22.1. The monoisotopic (exact) mass is 460 g/mol.